The van der Waals surface area contributed by atoms with Crippen molar-refractivity contribution in [3.8, 4) is 0 Å². The van der Waals surface area contributed by atoms with Crippen LogP contribution in [-0.4, -0.2) is 30.1 Å². The Kier molecular flexibility index (Phi) is 4.27. The van der Waals surface area contributed by atoms with Gasteiger partial charge >= 0.3 is 21.9 Å². The Bertz CT molecular complexity index is 1380. The van der Waals surface area contributed by atoms with Gasteiger partial charge in [0.05, 0.1) is 0 Å². The van der Waals surface area contributed by atoms with Crippen molar-refractivity contribution in [3.05, 3.63) is 76.6 Å². The van der Waals surface area contributed by atoms with Gasteiger partial charge in [0.1, 0.15) is 15.9 Å². The van der Waals surface area contributed by atoms with Crippen molar-refractivity contribution in [2.24, 2.45) is 0 Å². The van der Waals surface area contributed by atoms with Crippen LogP contribution in [-0.2, 0) is 14.4 Å². The van der Waals surface area contributed by atoms with E-state index in [1.807, 2.05) is 0 Å². The summed E-state index contributed by atoms with van der Waals surface area (Å²) in [6.07, 6.45) is 0. The molecule has 1 heterocycles. The fourth-order valence-electron chi connectivity index (χ4n) is 3.03. The van der Waals surface area contributed by atoms with E-state index in [1.165, 1.54) is 24.3 Å². The standard InChI is InChI=1S/C18H6F5NO5S/c19-11-12(20)14(22)16(15(23)13(11)21)30(27,28)29-24-17(25)8-5-1-3-7-4-2-6-9(10(7)8)18(24)26/h1-6H/p+1. The summed E-state index contributed by atoms with van der Waals surface area (Å²) in [6, 6.07) is 8.68. The average Bonchev–Trinajstić information content (AvgIpc) is 2.72. The van der Waals surface area contributed by atoms with E-state index in [2.05, 4.69) is 4.28 Å². The fraction of sp³-hybridized carbons (Fsp3) is 0. The van der Waals surface area contributed by atoms with Crippen LogP contribution in [0.25, 0.3) is 10.8 Å². The molecule has 1 N–H and O–H groups in total. The van der Waals surface area contributed by atoms with E-state index in [-0.39, 0.29) is 21.3 Å². The smallest absolute Gasteiger partial charge is 0.456 e. The maximum absolute atomic E-state index is 13.9. The van der Waals surface area contributed by atoms with Crippen LogP contribution in [0.3, 0.4) is 0 Å². The van der Waals surface area contributed by atoms with E-state index in [0.29, 0.717) is 5.39 Å². The highest BCUT2D eigenvalue weighted by Crippen LogP contribution is 2.31. The molecule has 6 nitrogen and oxygen atoms in total. The van der Waals surface area contributed by atoms with E-state index in [9.17, 15) is 40.3 Å². The number of hydrogen-bond donors (Lipinski definition) is 1. The molecule has 0 unspecified atom stereocenters. The zero-order valence-electron chi connectivity index (χ0n) is 14.3. The summed E-state index contributed by atoms with van der Waals surface area (Å²) in [5, 5.41) is 11.1. The zero-order chi connectivity index (χ0) is 22.0. The van der Waals surface area contributed by atoms with Gasteiger partial charge in [-0.3, -0.25) is 0 Å². The number of benzene rings is 3. The molecule has 0 aromatic heterocycles. The molecule has 0 saturated heterocycles. The first-order valence-electron chi connectivity index (χ1n) is 7.94. The number of aliphatic hydroxyl groups is 1. The summed E-state index contributed by atoms with van der Waals surface area (Å²) in [5.41, 5.74) is -0.191. The molecule has 3 aromatic carbocycles. The Morgan fingerprint density at radius 2 is 1.30 bits per heavy atom. The molecular weight excluding hydrogens is 437 g/mol. The molecule has 0 bridgehead atoms. The maximum atomic E-state index is 13.9. The lowest BCUT2D eigenvalue weighted by molar-refractivity contribution is -0.671. The summed E-state index contributed by atoms with van der Waals surface area (Å²) < 4.78 is 96.6. The Morgan fingerprint density at radius 3 is 1.87 bits per heavy atom. The molecule has 0 radical (unpaired) electrons. The number of carbonyl (C=O) groups excluding carboxylic acids is 1. The van der Waals surface area contributed by atoms with Crippen LogP contribution in [0.4, 0.5) is 22.0 Å². The van der Waals surface area contributed by atoms with E-state index >= 15 is 0 Å². The van der Waals surface area contributed by atoms with Crippen LogP contribution in [0.15, 0.2) is 41.3 Å². The number of rotatable bonds is 3. The molecule has 154 valence electrons. The van der Waals surface area contributed by atoms with E-state index in [4.69, 9.17) is 0 Å². The molecule has 0 atom stereocenters. The van der Waals surface area contributed by atoms with Gasteiger partial charge in [-0.1, -0.05) is 24.3 Å². The summed E-state index contributed by atoms with van der Waals surface area (Å²) in [6.45, 7) is 0. The summed E-state index contributed by atoms with van der Waals surface area (Å²) in [4.78, 5) is 10.3. The predicted molar refractivity (Wildman–Crippen MR) is 89.8 cm³/mol. The van der Waals surface area contributed by atoms with Gasteiger partial charge in [-0.15, -0.1) is 4.28 Å². The van der Waals surface area contributed by atoms with Crippen LogP contribution in [0, 0.1) is 29.1 Å². The van der Waals surface area contributed by atoms with Crippen molar-refractivity contribution in [1.29, 1.82) is 0 Å². The van der Waals surface area contributed by atoms with Crippen molar-refractivity contribution in [1.82, 2.24) is 0 Å². The molecule has 1 aliphatic heterocycles. The van der Waals surface area contributed by atoms with E-state index < -0.39 is 55.9 Å². The summed E-state index contributed by atoms with van der Waals surface area (Å²) in [7, 11) is -5.79. The number of nitrogens with zero attached hydrogens (tertiary/aromatic N) is 1. The highest BCUT2D eigenvalue weighted by molar-refractivity contribution is 7.86. The van der Waals surface area contributed by atoms with Crippen LogP contribution in [0.1, 0.15) is 15.9 Å². The first-order chi connectivity index (χ1) is 14.1. The molecule has 0 saturated carbocycles. The fourth-order valence-corrected chi connectivity index (χ4v) is 4.06. The summed E-state index contributed by atoms with van der Waals surface area (Å²) >= 11 is 0. The Balaban J connectivity index is 1.92. The number of hydrogen-bond acceptors (Lipinski definition) is 4. The Morgan fingerprint density at radius 1 is 0.800 bits per heavy atom. The lowest BCUT2D eigenvalue weighted by Crippen LogP contribution is -2.35. The van der Waals surface area contributed by atoms with Crippen molar-refractivity contribution in [2.75, 3.05) is 0 Å². The predicted octanol–water partition coefficient (Wildman–Crippen LogP) is 3.33. The lowest BCUT2D eigenvalue weighted by Gasteiger charge is -2.12. The highest BCUT2D eigenvalue weighted by Gasteiger charge is 2.44. The molecule has 0 aliphatic carbocycles. The number of amides is 1. The second kappa shape index (κ2) is 6.49. The number of carbonyl (C=O) groups is 1. The third-order valence-electron chi connectivity index (χ3n) is 4.35. The van der Waals surface area contributed by atoms with Gasteiger partial charge in [0.15, 0.2) is 28.2 Å². The third-order valence-corrected chi connectivity index (χ3v) is 5.55. The Hall–Kier alpha value is -3.54. The second-order valence-corrected chi connectivity index (χ2v) is 7.53. The molecule has 0 spiro atoms. The number of hydroxylamine groups is 1. The van der Waals surface area contributed by atoms with Crippen LogP contribution >= 0.6 is 0 Å². The highest BCUT2D eigenvalue weighted by atomic mass is 32.2. The molecule has 1 aliphatic rings. The van der Waals surface area contributed by atoms with Crippen molar-refractivity contribution in [3.63, 3.8) is 0 Å². The van der Waals surface area contributed by atoms with Gasteiger partial charge in [0, 0.05) is 5.39 Å². The Labute approximate surface area is 164 Å². The van der Waals surface area contributed by atoms with Gasteiger partial charge in [-0.25, -0.2) is 26.7 Å². The minimum atomic E-state index is -5.79. The van der Waals surface area contributed by atoms with Gasteiger partial charge in [-0.2, -0.15) is 8.42 Å². The van der Waals surface area contributed by atoms with Crippen LogP contribution in [0.5, 0.6) is 0 Å². The van der Waals surface area contributed by atoms with Gasteiger partial charge in [0.25, 0.3) is 0 Å². The number of halogens is 5. The van der Waals surface area contributed by atoms with Gasteiger partial charge in [0.2, 0.25) is 5.82 Å². The summed E-state index contributed by atoms with van der Waals surface area (Å²) in [5.74, 6) is -15.3. The molecule has 4 rings (SSSR count). The van der Waals surface area contributed by atoms with Gasteiger partial charge in [-0.05, 0) is 17.5 Å². The third kappa shape index (κ3) is 2.64. The molecular formula is C18H7F5NO5S+. The number of aliphatic hydroxyl groups excluding tert-OH is 1. The minimum Gasteiger partial charge on any atom is -0.456 e. The maximum Gasteiger partial charge on any atom is 0.472 e. The van der Waals surface area contributed by atoms with Crippen molar-refractivity contribution >= 4 is 32.7 Å². The van der Waals surface area contributed by atoms with Crippen LogP contribution in [0.2, 0.25) is 0 Å². The molecule has 30 heavy (non-hydrogen) atoms. The van der Waals surface area contributed by atoms with E-state index in [0.717, 1.165) is 0 Å². The topological polar surface area (TPSA) is 83.7 Å². The SMILES string of the molecule is O=C1c2cccc3cccc(c23)C(O)=[N+]1OS(=O)(=O)c1c(F)c(F)c(F)c(F)c1F. The van der Waals surface area contributed by atoms with Crippen LogP contribution < -0.4 is 0 Å². The second-order valence-electron chi connectivity index (χ2n) is 6.06. The molecule has 12 heteroatoms. The zero-order valence-corrected chi connectivity index (χ0v) is 15.1. The van der Waals surface area contributed by atoms with Crippen molar-refractivity contribution in [2.45, 2.75) is 4.90 Å². The monoisotopic (exact) mass is 444 g/mol. The molecule has 1 amide bonds. The first-order valence-corrected chi connectivity index (χ1v) is 9.35. The quantitative estimate of drug-likeness (QED) is 0.290. The van der Waals surface area contributed by atoms with E-state index in [1.54, 1.807) is 12.1 Å². The first kappa shape index (κ1) is 19.8. The van der Waals surface area contributed by atoms with Gasteiger partial charge < -0.3 is 5.11 Å². The van der Waals surface area contributed by atoms with Crippen molar-refractivity contribution < 1.29 is 49.3 Å². The average molecular weight is 444 g/mol. The minimum absolute atomic E-state index is 0.0599. The largest absolute Gasteiger partial charge is 0.472 e. The molecule has 3 aromatic rings. The molecule has 0 fully saturated rings. The lowest BCUT2D eigenvalue weighted by atomic mass is 9.96. The normalized spacial score (nSPS) is 13.8.